The van der Waals surface area contributed by atoms with Crippen LogP contribution < -0.4 is 5.32 Å². The molecule has 0 radical (unpaired) electrons. The fourth-order valence-corrected chi connectivity index (χ4v) is 2.98. The lowest BCUT2D eigenvalue weighted by atomic mass is 10.3. The number of hydrogen-bond donors (Lipinski definition) is 1. The highest BCUT2D eigenvalue weighted by Gasteiger charge is 2.19. The van der Waals surface area contributed by atoms with Crippen LogP contribution in [0.3, 0.4) is 0 Å². The van der Waals surface area contributed by atoms with Crippen molar-refractivity contribution < 1.29 is 13.6 Å². The van der Waals surface area contributed by atoms with Crippen molar-refractivity contribution in [1.29, 1.82) is 0 Å². The number of carbonyl (C=O) groups is 1. The highest BCUT2D eigenvalue weighted by molar-refractivity contribution is 7.99. The van der Waals surface area contributed by atoms with Crippen LogP contribution in [0.25, 0.3) is 11.0 Å². The number of amides is 1. The molecule has 124 valence electrons. The van der Waals surface area contributed by atoms with E-state index in [-0.39, 0.29) is 22.4 Å². The van der Waals surface area contributed by atoms with Crippen LogP contribution in [-0.2, 0) is 6.54 Å². The molecule has 0 saturated carbocycles. The zero-order chi connectivity index (χ0) is 17.1. The van der Waals surface area contributed by atoms with Gasteiger partial charge in [-0.3, -0.25) is 10.1 Å². The molecule has 0 aliphatic carbocycles. The molecule has 0 spiro atoms. The van der Waals surface area contributed by atoms with Crippen LogP contribution in [0.1, 0.15) is 17.3 Å². The number of thioether (sulfide) groups is 1. The van der Waals surface area contributed by atoms with E-state index in [1.165, 1.54) is 18.3 Å². The van der Waals surface area contributed by atoms with Gasteiger partial charge in [-0.15, -0.1) is 0 Å². The fraction of sp³-hybridized carbons (Fsp3) is 0.188. The summed E-state index contributed by atoms with van der Waals surface area (Å²) in [6.07, 6.45) is 1.38. The first-order chi connectivity index (χ1) is 11.6. The summed E-state index contributed by atoms with van der Waals surface area (Å²) in [5.74, 6) is -2.79. The maximum atomic E-state index is 12.6. The summed E-state index contributed by atoms with van der Waals surface area (Å²) >= 11 is 0.246. The van der Waals surface area contributed by atoms with E-state index in [1.54, 1.807) is 0 Å². The minimum absolute atomic E-state index is 0.0100. The second kappa shape index (κ2) is 6.96. The molecule has 2 heterocycles. The molecule has 0 aliphatic rings. The van der Waals surface area contributed by atoms with Gasteiger partial charge in [0.05, 0.1) is 16.6 Å². The SMILES string of the molecule is CCn1c(NC(=O)c2cccnc2SC(F)F)nc2ccccc21. The number of para-hydroxylation sites is 2. The molecule has 0 bridgehead atoms. The molecule has 3 aromatic rings. The van der Waals surface area contributed by atoms with E-state index in [2.05, 4.69) is 15.3 Å². The molecule has 0 atom stereocenters. The van der Waals surface area contributed by atoms with E-state index in [0.29, 0.717) is 12.5 Å². The van der Waals surface area contributed by atoms with Crippen molar-refractivity contribution in [3.05, 3.63) is 48.2 Å². The van der Waals surface area contributed by atoms with Crippen molar-refractivity contribution in [2.24, 2.45) is 0 Å². The van der Waals surface area contributed by atoms with Crippen LogP contribution in [0.4, 0.5) is 14.7 Å². The number of carbonyl (C=O) groups excluding carboxylic acids is 1. The second-order valence-electron chi connectivity index (χ2n) is 4.86. The van der Waals surface area contributed by atoms with Crippen molar-refractivity contribution in [3.63, 3.8) is 0 Å². The highest BCUT2D eigenvalue weighted by Crippen LogP contribution is 2.27. The first-order valence-corrected chi connectivity index (χ1v) is 8.14. The summed E-state index contributed by atoms with van der Waals surface area (Å²) in [4.78, 5) is 20.8. The smallest absolute Gasteiger partial charge is 0.290 e. The Labute approximate surface area is 141 Å². The average molecular weight is 348 g/mol. The van der Waals surface area contributed by atoms with Gasteiger partial charge in [0.25, 0.3) is 11.7 Å². The predicted molar refractivity (Wildman–Crippen MR) is 89.5 cm³/mol. The first kappa shape index (κ1) is 16.4. The molecule has 8 heteroatoms. The quantitative estimate of drug-likeness (QED) is 0.708. The van der Waals surface area contributed by atoms with Crippen LogP contribution in [0.5, 0.6) is 0 Å². The molecule has 0 aliphatic heterocycles. The Bertz CT molecular complexity index is 881. The molecule has 0 fully saturated rings. The molecule has 3 rings (SSSR count). The van der Waals surface area contributed by atoms with E-state index >= 15 is 0 Å². The maximum absolute atomic E-state index is 12.6. The summed E-state index contributed by atoms with van der Waals surface area (Å²) < 4.78 is 27.1. The van der Waals surface area contributed by atoms with E-state index in [9.17, 15) is 13.6 Å². The van der Waals surface area contributed by atoms with Gasteiger partial charge in [-0.2, -0.15) is 8.78 Å². The summed E-state index contributed by atoms with van der Waals surface area (Å²) in [6, 6.07) is 10.5. The number of benzene rings is 1. The molecule has 5 nitrogen and oxygen atoms in total. The summed E-state index contributed by atoms with van der Waals surface area (Å²) in [5, 5.41) is 2.69. The monoisotopic (exact) mass is 348 g/mol. The molecule has 2 aromatic heterocycles. The first-order valence-electron chi connectivity index (χ1n) is 7.26. The number of alkyl halides is 2. The van der Waals surface area contributed by atoms with E-state index < -0.39 is 11.7 Å². The van der Waals surface area contributed by atoms with Crippen LogP contribution in [0.15, 0.2) is 47.6 Å². The zero-order valence-electron chi connectivity index (χ0n) is 12.7. The van der Waals surface area contributed by atoms with E-state index in [4.69, 9.17) is 0 Å². The summed E-state index contributed by atoms with van der Waals surface area (Å²) in [6.45, 7) is 2.55. The van der Waals surface area contributed by atoms with Crippen molar-refractivity contribution >= 4 is 34.7 Å². The number of fused-ring (bicyclic) bond motifs is 1. The van der Waals surface area contributed by atoms with Gasteiger partial charge in [-0.25, -0.2) is 9.97 Å². The van der Waals surface area contributed by atoms with Gasteiger partial charge in [-0.05, 0) is 43.0 Å². The second-order valence-corrected chi connectivity index (χ2v) is 5.84. The number of pyridine rings is 1. The predicted octanol–water partition coefficient (Wildman–Crippen LogP) is 4.02. The Kier molecular flexibility index (Phi) is 4.75. The maximum Gasteiger partial charge on any atom is 0.290 e. The lowest BCUT2D eigenvalue weighted by Crippen LogP contribution is -2.17. The van der Waals surface area contributed by atoms with Gasteiger partial charge in [0, 0.05) is 12.7 Å². The standard InChI is InChI=1S/C16H14F2N4OS/c1-2-22-12-8-4-3-7-11(12)20-16(22)21-13(23)10-6-5-9-19-14(10)24-15(17)18/h3-9,15H,2H2,1H3,(H,20,21,23). The Morgan fingerprint density at radius 2 is 2.08 bits per heavy atom. The number of nitrogens with zero attached hydrogens (tertiary/aromatic N) is 3. The summed E-state index contributed by atoms with van der Waals surface area (Å²) in [7, 11) is 0. The minimum Gasteiger partial charge on any atom is -0.310 e. The third-order valence-corrected chi connectivity index (χ3v) is 4.14. The number of nitrogens with one attached hydrogen (secondary N) is 1. The van der Waals surface area contributed by atoms with Crippen LogP contribution >= 0.6 is 11.8 Å². The Hall–Kier alpha value is -2.48. The van der Waals surface area contributed by atoms with Crippen molar-refractivity contribution in [1.82, 2.24) is 14.5 Å². The van der Waals surface area contributed by atoms with Crippen molar-refractivity contribution in [2.45, 2.75) is 24.3 Å². The Balaban J connectivity index is 1.93. The number of rotatable bonds is 5. The van der Waals surface area contributed by atoms with Gasteiger partial charge >= 0.3 is 0 Å². The number of anilines is 1. The lowest BCUT2D eigenvalue weighted by molar-refractivity contribution is 0.102. The molecule has 0 saturated heterocycles. The number of aromatic nitrogens is 3. The number of halogens is 2. The molecular weight excluding hydrogens is 334 g/mol. The third-order valence-electron chi connectivity index (χ3n) is 3.41. The van der Waals surface area contributed by atoms with E-state index in [1.807, 2.05) is 35.8 Å². The normalized spacial score (nSPS) is 11.2. The lowest BCUT2D eigenvalue weighted by Gasteiger charge is -2.09. The average Bonchev–Trinajstić information content (AvgIpc) is 2.91. The van der Waals surface area contributed by atoms with Gasteiger partial charge in [0.15, 0.2) is 0 Å². The topological polar surface area (TPSA) is 59.8 Å². The highest BCUT2D eigenvalue weighted by atomic mass is 32.2. The number of imidazole rings is 1. The molecular formula is C16H14F2N4OS. The zero-order valence-corrected chi connectivity index (χ0v) is 13.6. The Morgan fingerprint density at radius 1 is 1.29 bits per heavy atom. The molecule has 0 unspecified atom stereocenters. The third kappa shape index (κ3) is 3.23. The molecule has 1 aromatic carbocycles. The fourth-order valence-electron chi connectivity index (χ4n) is 2.40. The van der Waals surface area contributed by atoms with Gasteiger partial charge in [-0.1, -0.05) is 12.1 Å². The van der Waals surface area contributed by atoms with Crippen LogP contribution in [0, 0.1) is 0 Å². The molecule has 24 heavy (non-hydrogen) atoms. The molecule has 1 N–H and O–H groups in total. The van der Waals surface area contributed by atoms with Gasteiger partial charge in [0.2, 0.25) is 5.95 Å². The van der Waals surface area contributed by atoms with Gasteiger partial charge < -0.3 is 4.57 Å². The van der Waals surface area contributed by atoms with Crippen LogP contribution in [-0.4, -0.2) is 26.2 Å². The van der Waals surface area contributed by atoms with Gasteiger partial charge in [0.1, 0.15) is 5.03 Å². The minimum atomic E-state index is -2.65. The van der Waals surface area contributed by atoms with Crippen LogP contribution in [0.2, 0.25) is 0 Å². The largest absolute Gasteiger partial charge is 0.310 e. The van der Waals surface area contributed by atoms with Crippen molar-refractivity contribution in [3.8, 4) is 0 Å². The number of hydrogen-bond acceptors (Lipinski definition) is 4. The molecule has 1 amide bonds. The number of aryl methyl sites for hydroxylation is 1. The Morgan fingerprint density at radius 3 is 2.83 bits per heavy atom. The van der Waals surface area contributed by atoms with Crippen molar-refractivity contribution in [2.75, 3.05) is 5.32 Å². The van der Waals surface area contributed by atoms with E-state index in [0.717, 1.165) is 11.0 Å². The summed E-state index contributed by atoms with van der Waals surface area (Å²) in [5.41, 5.74) is 1.74.